The van der Waals surface area contributed by atoms with Crippen molar-refractivity contribution in [3.05, 3.63) is 64.6 Å². The lowest BCUT2D eigenvalue weighted by Gasteiger charge is -2.27. The van der Waals surface area contributed by atoms with Gasteiger partial charge in [0.2, 0.25) is 0 Å². The lowest BCUT2D eigenvalue weighted by Crippen LogP contribution is -2.44. The number of aromatic hydroxyl groups is 1. The molecule has 0 radical (unpaired) electrons. The van der Waals surface area contributed by atoms with Crippen LogP contribution in [-0.4, -0.2) is 46.7 Å². The zero-order chi connectivity index (χ0) is 20.4. The Hall–Kier alpha value is -2.68. The Balaban J connectivity index is 1.58. The maximum absolute atomic E-state index is 12.4. The number of hydrogen-bond acceptors (Lipinski definition) is 7. The van der Waals surface area contributed by atoms with E-state index in [0.717, 1.165) is 11.6 Å². The van der Waals surface area contributed by atoms with Gasteiger partial charge in [0.25, 0.3) is 5.56 Å². The molecule has 4 rings (SSSR count). The van der Waals surface area contributed by atoms with Gasteiger partial charge in [-0.1, -0.05) is 30.3 Å². The number of nitrogens with zero attached hydrogens (tertiary/aromatic N) is 1. The maximum Gasteiger partial charge on any atom is 0.303 e. The van der Waals surface area contributed by atoms with E-state index in [1.165, 1.54) is 23.8 Å². The van der Waals surface area contributed by atoms with Gasteiger partial charge >= 0.3 is 5.97 Å². The van der Waals surface area contributed by atoms with Crippen LogP contribution in [0.5, 0.6) is 5.75 Å². The van der Waals surface area contributed by atoms with E-state index in [0.29, 0.717) is 19.6 Å². The second kappa shape index (κ2) is 7.98. The average Bonchev–Trinajstić information content (AvgIpc) is 3.20. The third kappa shape index (κ3) is 3.91. The number of hydrogen-bond donors (Lipinski definition) is 1. The first-order chi connectivity index (χ1) is 14.0. The van der Waals surface area contributed by atoms with Crippen LogP contribution in [0.2, 0.25) is 0 Å². The molecular formula is C21H23NO7. The summed E-state index contributed by atoms with van der Waals surface area (Å²) < 4.78 is 24.9. The second-order valence-corrected chi connectivity index (χ2v) is 7.30. The molecule has 0 aliphatic carbocycles. The van der Waals surface area contributed by atoms with Gasteiger partial charge in [-0.15, -0.1) is 0 Å². The minimum Gasteiger partial charge on any atom is -0.508 e. The zero-order valence-electron chi connectivity index (χ0n) is 16.0. The molecule has 0 saturated carbocycles. The number of ether oxygens (including phenoxy) is 4. The maximum atomic E-state index is 12.4. The molecule has 4 atom stereocenters. The van der Waals surface area contributed by atoms with Gasteiger partial charge in [0.15, 0.2) is 12.3 Å². The van der Waals surface area contributed by atoms with E-state index in [-0.39, 0.29) is 12.4 Å². The minimum atomic E-state index is -0.877. The Labute approximate surface area is 167 Å². The number of aromatic nitrogens is 1. The van der Waals surface area contributed by atoms with E-state index in [9.17, 15) is 14.7 Å². The van der Waals surface area contributed by atoms with Crippen LogP contribution in [0.1, 0.15) is 25.1 Å². The highest BCUT2D eigenvalue weighted by molar-refractivity contribution is 5.66. The van der Waals surface area contributed by atoms with Gasteiger partial charge in [-0.05, 0) is 11.6 Å². The topological polar surface area (TPSA) is 96.2 Å². The Kier molecular flexibility index (Phi) is 5.40. The molecule has 0 bridgehead atoms. The van der Waals surface area contributed by atoms with Crippen molar-refractivity contribution in [1.82, 2.24) is 4.57 Å². The van der Waals surface area contributed by atoms with Crippen LogP contribution >= 0.6 is 0 Å². The highest BCUT2D eigenvalue weighted by atomic mass is 16.7. The van der Waals surface area contributed by atoms with E-state index in [4.69, 9.17) is 18.9 Å². The molecule has 2 saturated heterocycles. The lowest BCUT2D eigenvalue weighted by molar-refractivity contribution is -0.159. The third-order valence-corrected chi connectivity index (χ3v) is 5.24. The number of carbonyl (C=O) groups excluding carboxylic acids is 1. The molecule has 1 aromatic heterocycles. The summed E-state index contributed by atoms with van der Waals surface area (Å²) in [5.41, 5.74) is -0.274. The van der Waals surface area contributed by atoms with Gasteiger partial charge in [0.1, 0.15) is 17.5 Å². The van der Waals surface area contributed by atoms with Crippen molar-refractivity contribution in [2.75, 3.05) is 13.2 Å². The molecule has 2 aliphatic rings. The predicted molar refractivity (Wildman–Crippen MR) is 101 cm³/mol. The molecular weight excluding hydrogens is 378 g/mol. The van der Waals surface area contributed by atoms with Crippen LogP contribution in [0.3, 0.4) is 0 Å². The number of benzene rings is 1. The van der Waals surface area contributed by atoms with Crippen LogP contribution in [-0.2, 0) is 30.3 Å². The fourth-order valence-electron chi connectivity index (χ4n) is 3.95. The number of pyridine rings is 1. The third-order valence-electron chi connectivity index (χ3n) is 5.24. The normalized spacial score (nSPS) is 28.2. The highest BCUT2D eigenvalue weighted by Crippen LogP contribution is 2.46. The molecule has 0 amide bonds. The smallest absolute Gasteiger partial charge is 0.303 e. The van der Waals surface area contributed by atoms with Crippen molar-refractivity contribution in [2.24, 2.45) is 0 Å². The van der Waals surface area contributed by atoms with Gasteiger partial charge in [0, 0.05) is 25.6 Å². The Morgan fingerprint density at radius 2 is 2.10 bits per heavy atom. The molecule has 1 N–H and O–H groups in total. The Morgan fingerprint density at radius 3 is 2.83 bits per heavy atom. The largest absolute Gasteiger partial charge is 0.508 e. The monoisotopic (exact) mass is 401 g/mol. The molecule has 154 valence electrons. The lowest BCUT2D eigenvalue weighted by atomic mass is 9.95. The summed E-state index contributed by atoms with van der Waals surface area (Å²) in [6, 6.07) is 12.2. The van der Waals surface area contributed by atoms with Crippen LogP contribution in [0.4, 0.5) is 0 Å². The number of carbonyl (C=O) groups is 1. The first kappa shape index (κ1) is 19.6. The summed E-state index contributed by atoms with van der Waals surface area (Å²) in [5, 5.41) is 9.54. The van der Waals surface area contributed by atoms with E-state index in [2.05, 4.69) is 0 Å². The van der Waals surface area contributed by atoms with Crippen LogP contribution in [0.25, 0.3) is 0 Å². The summed E-state index contributed by atoms with van der Waals surface area (Å²) in [7, 11) is 0. The van der Waals surface area contributed by atoms with Crippen molar-refractivity contribution < 1.29 is 28.8 Å². The van der Waals surface area contributed by atoms with E-state index in [1.807, 2.05) is 30.3 Å². The molecule has 2 fully saturated rings. The molecule has 2 aliphatic heterocycles. The average molecular weight is 401 g/mol. The summed E-state index contributed by atoms with van der Waals surface area (Å²) in [6.45, 7) is 2.38. The van der Waals surface area contributed by atoms with Crippen molar-refractivity contribution in [3.8, 4) is 5.75 Å². The fourth-order valence-corrected chi connectivity index (χ4v) is 3.95. The molecule has 3 heterocycles. The van der Waals surface area contributed by atoms with Crippen molar-refractivity contribution in [2.45, 2.75) is 44.0 Å². The molecule has 8 heteroatoms. The van der Waals surface area contributed by atoms with Crippen LogP contribution in [0.15, 0.2) is 53.5 Å². The second-order valence-electron chi connectivity index (χ2n) is 7.30. The van der Waals surface area contributed by atoms with Crippen molar-refractivity contribution in [3.63, 3.8) is 0 Å². The van der Waals surface area contributed by atoms with Gasteiger partial charge in [-0.3, -0.25) is 14.2 Å². The van der Waals surface area contributed by atoms with Crippen molar-refractivity contribution >= 4 is 5.97 Å². The molecule has 29 heavy (non-hydrogen) atoms. The van der Waals surface area contributed by atoms with Gasteiger partial charge in [0.05, 0.1) is 19.8 Å². The van der Waals surface area contributed by atoms with Gasteiger partial charge < -0.3 is 24.1 Å². The van der Waals surface area contributed by atoms with Gasteiger partial charge in [-0.25, -0.2) is 0 Å². The van der Waals surface area contributed by atoms with E-state index >= 15 is 0 Å². The minimum absolute atomic E-state index is 0.148. The summed E-state index contributed by atoms with van der Waals surface area (Å²) in [6.07, 6.45) is -0.283. The Morgan fingerprint density at radius 1 is 1.31 bits per heavy atom. The Bertz CT molecular complexity index is 928. The van der Waals surface area contributed by atoms with Crippen LogP contribution < -0.4 is 5.56 Å². The van der Waals surface area contributed by atoms with E-state index in [1.54, 1.807) is 0 Å². The number of fused-ring (bicyclic) bond motifs is 1. The predicted octanol–water partition coefficient (Wildman–Crippen LogP) is 1.76. The van der Waals surface area contributed by atoms with Crippen molar-refractivity contribution in [1.29, 1.82) is 0 Å². The summed E-state index contributed by atoms with van der Waals surface area (Å²) >= 11 is 0. The zero-order valence-corrected chi connectivity index (χ0v) is 16.0. The molecule has 2 aromatic rings. The molecule has 0 spiro atoms. The quantitative estimate of drug-likeness (QED) is 0.737. The first-order valence-corrected chi connectivity index (χ1v) is 9.48. The first-order valence-electron chi connectivity index (χ1n) is 9.48. The SMILES string of the molecule is CC(=O)OC1C2OCCC2(COCc2ccccc2)O[C@H]1n1ccc(O)cc1=O. The summed E-state index contributed by atoms with van der Waals surface area (Å²) in [4.78, 5) is 24.1. The fraction of sp³-hybridized carbons (Fsp3) is 0.429. The molecule has 8 nitrogen and oxygen atoms in total. The standard InChI is InChI=1S/C21H23NO7/c1-14(23)28-18-19-21(8-10-27-19,13-26-12-15-5-3-2-4-6-15)29-20(18)22-9-7-16(24)11-17(22)25/h2-7,9,11,18-20,24H,8,10,12-13H2,1H3/t18?,19?,20-,21?/m1/s1. The van der Waals surface area contributed by atoms with Gasteiger partial charge in [-0.2, -0.15) is 0 Å². The molecule has 3 unspecified atom stereocenters. The van der Waals surface area contributed by atoms with Crippen LogP contribution in [0, 0.1) is 0 Å². The number of esters is 1. The number of rotatable bonds is 6. The molecule has 1 aromatic carbocycles. The van der Waals surface area contributed by atoms with E-state index < -0.39 is 35.6 Å². The highest BCUT2D eigenvalue weighted by Gasteiger charge is 2.61. The summed E-state index contributed by atoms with van der Waals surface area (Å²) in [5.74, 6) is -0.641.